The number of benzene rings is 9. The molecule has 0 unspecified atom stereocenters. The van der Waals surface area contributed by atoms with Crippen molar-refractivity contribution in [3.05, 3.63) is 251 Å². The molecule has 0 aliphatic carbocycles. The molecule has 0 saturated carbocycles. The van der Waals surface area contributed by atoms with Crippen LogP contribution in [0.25, 0.3) is 32.3 Å². The monoisotopic (exact) mass is 1810 g/mol. The largest absolute Gasteiger partial charge is 0.480 e. The second-order valence-electron chi connectivity index (χ2n) is 36.0. The molecule has 6 N–H and O–H groups in total. The zero-order valence-corrected chi connectivity index (χ0v) is 76.3. The van der Waals surface area contributed by atoms with Crippen LogP contribution >= 0.6 is 0 Å². The summed E-state index contributed by atoms with van der Waals surface area (Å²) in [6, 6.07) is 53.2. The van der Waals surface area contributed by atoms with Crippen molar-refractivity contribution in [2.24, 2.45) is 0 Å². The number of carboxylic acid groups (broad SMARTS) is 2. The van der Waals surface area contributed by atoms with Gasteiger partial charge in [-0.1, -0.05) is 171 Å². The number of carbonyl (C=O) groups is 9. The maximum Gasteiger partial charge on any atom is 0.408 e. The lowest BCUT2D eigenvalue weighted by Crippen LogP contribution is -2.64. The number of carbonyl (C=O) groups excluding carboxylic acids is 7. The summed E-state index contributed by atoms with van der Waals surface area (Å²) >= 11 is 0. The van der Waals surface area contributed by atoms with Gasteiger partial charge in [-0.2, -0.15) is 0 Å². The van der Waals surface area contributed by atoms with Crippen molar-refractivity contribution in [1.82, 2.24) is 50.7 Å². The molecule has 9 atom stereocenters. The van der Waals surface area contributed by atoms with Gasteiger partial charge in [-0.25, -0.2) is 27.6 Å². The smallest absolute Gasteiger partial charge is 0.408 e. The van der Waals surface area contributed by atoms with Crippen LogP contribution in [0.1, 0.15) is 103 Å². The molecule has 131 heavy (non-hydrogen) atoms. The molecule has 0 aromatic heterocycles. The van der Waals surface area contributed by atoms with E-state index in [0.29, 0.717) is 68.7 Å². The summed E-state index contributed by atoms with van der Waals surface area (Å²) in [6.45, 7) is 19.1. The molecule has 3 aliphatic rings. The van der Waals surface area contributed by atoms with Gasteiger partial charge in [0.25, 0.3) is 0 Å². The Morgan fingerprint density at radius 1 is 0.351 bits per heavy atom. The van der Waals surface area contributed by atoms with Crippen LogP contribution in [0.3, 0.4) is 0 Å². The number of carboxylic acids is 2. The van der Waals surface area contributed by atoms with E-state index in [1.54, 1.807) is 128 Å². The average Bonchev–Trinajstić information content (AvgIpc) is 0.806. The van der Waals surface area contributed by atoms with Crippen LogP contribution in [0.5, 0.6) is 0 Å². The normalized spacial score (nSPS) is 17.1. The zero-order valence-electron chi connectivity index (χ0n) is 76.3. The van der Waals surface area contributed by atoms with Gasteiger partial charge in [-0.15, -0.1) is 0 Å². The molecule has 9 aromatic carbocycles. The predicted octanol–water partition coefficient (Wildman–Crippen LogP) is 13.1. The molecule has 0 spiro atoms. The minimum absolute atomic E-state index is 0. The van der Waals surface area contributed by atoms with Crippen LogP contribution < -0.4 is 21.3 Å². The molecule has 0 radical (unpaired) electrons. The first-order chi connectivity index (χ1) is 61.8. The van der Waals surface area contributed by atoms with Crippen molar-refractivity contribution in [3.63, 3.8) is 0 Å². The van der Waals surface area contributed by atoms with Crippen molar-refractivity contribution in [2.75, 3.05) is 107 Å². The van der Waals surface area contributed by atoms with Gasteiger partial charge in [-0.3, -0.25) is 43.5 Å². The number of ether oxygens (including phenoxy) is 6. The fourth-order valence-corrected chi connectivity index (χ4v) is 16.5. The Bertz CT molecular complexity index is 5110. The Hall–Kier alpha value is -12.1. The number of hydrogen-bond donors (Lipinski definition) is 6. The molecule has 3 aliphatic heterocycles. The number of methoxy groups -OCH3 is 3. The molecule has 704 valence electrons. The van der Waals surface area contributed by atoms with E-state index in [-0.39, 0.29) is 108 Å². The van der Waals surface area contributed by atoms with E-state index in [0.717, 1.165) is 49.0 Å². The van der Waals surface area contributed by atoms with E-state index in [4.69, 9.17) is 28.4 Å². The van der Waals surface area contributed by atoms with Crippen molar-refractivity contribution in [1.29, 1.82) is 0 Å². The summed E-state index contributed by atoms with van der Waals surface area (Å²) in [7, 11) is 6.26. The second kappa shape index (κ2) is 47.7. The highest BCUT2D eigenvalue weighted by atomic mass is 19.1. The number of likely N-dealkylation sites (N-methyl/N-ethyl adjacent to an activating group) is 1. The Morgan fingerprint density at radius 2 is 0.595 bits per heavy atom. The lowest BCUT2D eigenvalue weighted by atomic mass is 9.98. The molecule has 3 saturated heterocycles. The van der Waals surface area contributed by atoms with Crippen LogP contribution in [0.4, 0.5) is 27.6 Å². The molecule has 30 heteroatoms. The molecule has 27 nitrogen and oxygen atoms in total. The minimum Gasteiger partial charge on any atom is -0.480 e. The molecule has 0 bridgehead atoms. The number of nitrogens with one attached hydrogen (secondary N) is 4. The SMILES string of the molecule is C.CNC(=O)[C@H](Cc1ccc2ccccc2c1)N1CCN(C(=O)[C@@H](Cc2ccc(F)cc2)NC(=O)OC(C)(C)C)[C@@H](COC)C1.COC[C@H]1CN([C@@H](Cc2ccc3ccccc3c2)C(=O)O)CCN1C(=O)[C@@H](Cc1ccc(F)cc1)NC(=O)OC(C)(C)C.COC[C@H]1CN([C@@H](Cc2ccc3ccccc3c2)C(=O)O)CCN1C(=O)[C@@H](Cc1ccc(F)cc1)NC(=O)OC(C)(C)C. The van der Waals surface area contributed by atoms with Gasteiger partial charge in [-0.05, 0) is 184 Å². The Kier molecular flexibility index (Phi) is 37.4. The van der Waals surface area contributed by atoms with E-state index in [1.165, 1.54) is 50.6 Å². The first-order valence-corrected chi connectivity index (χ1v) is 43.8. The number of fused-ring (bicyclic) bond motifs is 3. The van der Waals surface area contributed by atoms with Gasteiger partial charge in [0, 0.05) is 107 Å². The molecule has 7 amide bonds. The average molecular weight is 1810 g/mol. The van der Waals surface area contributed by atoms with Crippen molar-refractivity contribution >= 4 is 86.2 Å². The summed E-state index contributed by atoms with van der Waals surface area (Å²) in [5.74, 6) is -4.17. The van der Waals surface area contributed by atoms with E-state index in [9.17, 15) is 66.5 Å². The van der Waals surface area contributed by atoms with Crippen molar-refractivity contribution in [3.8, 4) is 0 Å². The third-order valence-electron chi connectivity index (χ3n) is 22.7. The molecular formula is C101H127F3N10O17. The molecular weight excluding hydrogens is 1680 g/mol. The number of rotatable bonds is 30. The summed E-state index contributed by atoms with van der Waals surface area (Å²) in [6.07, 6.45) is -0.673. The molecule has 9 aromatic rings. The van der Waals surface area contributed by atoms with Crippen LogP contribution in [0.2, 0.25) is 0 Å². The highest BCUT2D eigenvalue weighted by molar-refractivity contribution is 5.90. The lowest BCUT2D eigenvalue weighted by molar-refractivity contribution is -0.149. The topological polar surface area (TPSA) is 317 Å². The Labute approximate surface area is 765 Å². The Morgan fingerprint density at radius 3 is 0.840 bits per heavy atom. The Balaban J connectivity index is 0.000000220. The van der Waals surface area contributed by atoms with Crippen LogP contribution in [0, 0.1) is 17.5 Å². The zero-order chi connectivity index (χ0) is 94.2. The number of alkyl carbamates (subject to hydrolysis) is 3. The standard InChI is InChI=1S/C34H43FN4O5.2C33H40FN3O6.CH4/c1-34(2,3)44-33(42)37-29(19-23-11-14-27(35)15-12-23)32(41)39-17-16-38(21-28(39)22-43-5)30(31(40)36-4)20-24-10-13-25-8-6-7-9-26(25)18-24;2*1-33(2,3)43-32(41)35-28(18-22-10-13-26(34)14-11-22)30(38)37-16-15-36(20-27(37)21-42-4)29(31(39)40)19-23-9-12-24-7-5-6-8-25(24)17-23;/h6-15,18,28-30H,16-17,19-22H2,1-5H3,(H,36,40)(H,37,42);2*5-14,17,27-29H,15-16,18-21H2,1-4H3,(H,35,41)(H,39,40);1H4/t28-,29-,30+;2*27-,28-,29+;/m111./s1. The number of amides is 7. The van der Waals surface area contributed by atoms with E-state index < -0.39 is 107 Å². The quantitative estimate of drug-likeness (QED) is 0.0228. The van der Waals surface area contributed by atoms with Gasteiger partial charge in [0.15, 0.2) is 0 Å². The number of aliphatic carboxylic acids is 2. The van der Waals surface area contributed by atoms with E-state index >= 15 is 0 Å². The molecule has 3 fully saturated rings. The lowest BCUT2D eigenvalue weighted by Gasteiger charge is -2.44. The number of hydrogen-bond acceptors (Lipinski definition) is 18. The molecule has 12 rings (SSSR count). The van der Waals surface area contributed by atoms with Gasteiger partial charge in [0.1, 0.15) is 64.5 Å². The van der Waals surface area contributed by atoms with Gasteiger partial charge in [0.05, 0.1) is 44.0 Å². The second-order valence-corrected chi connectivity index (χ2v) is 36.0. The van der Waals surface area contributed by atoms with Crippen molar-refractivity contribution < 1.29 is 95.0 Å². The highest BCUT2D eigenvalue weighted by Gasteiger charge is 2.44. The summed E-state index contributed by atoms with van der Waals surface area (Å²) in [5, 5.41) is 37.9. The highest BCUT2D eigenvalue weighted by Crippen LogP contribution is 2.28. The first kappa shape index (κ1) is 103. The van der Waals surface area contributed by atoms with Crippen molar-refractivity contribution in [2.45, 2.75) is 179 Å². The number of piperazine rings is 3. The van der Waals surface area contributed by atoms with Gasteiger partial charge >= 0.3 is 30.2 Å². The minimum atomic E-state index is -0.987. The third-order valence-corrected chi connectivity index (χ3v) is 22.7. The fraction of sp³-hybridized carbons (Fsp3) is 0.436. The maximum atomic E-state index is 14.1. The van der Waals surface area contributed by atoms with E-state index in [2.05, 4.69) is 50.4 Å². The first-order valence-electron chi connectivity index (χ1n) is 43.8. The summed E-state index contributed by atoms with van der Waals surface area (Å²) in [5.41, 5.74) is 2.60. The summed E-state index contributed by atoms with van der Waals surface area (Å²) < 4.78 is 73.4. The van der Waals surface area contributed by atoms with E-state index in [1.807, 2.05) is 113 Å². The maximum absolute atomic E-state index is 14.1. The van der Waals surface area contributed by atoms with Crippen LogP contribution in [0.15, 0.2) is 200 Å². The van der Waals surface area contributed by atoms with Gasteiger partial charge in [0.2, 0.25) is 23.6 Å². The predicted molar refractivity (Wildman–Crippen MR) is 497 cm³/mol. The number of nitrogens with zero attached hydrogens (tertiary/aromatic N) is 6. The third kappa shape index (κ3) is 30.8. The van der Waals surface area contributed by atoms with Crippen LogP contribution in [-0.4, -0.2) is 272 Å². The fourth-order valence-electron chi connectivity index (χ4n) is 16.5. The van der Waals surface area contributed by atoms with Gasteiger partial charge < -0.3 is 74.6 Å². The molecule has 3 heterocycles. The van der Waals surface area contributed by atoms with Crippen LogP contribution in [-0.2, 0) is 95.7 Å². The summed E-state index contributed by atoms with van der Waals surface area (Å²) in [4.78, 5) is 129. The number of halogens is 3.